The smallest absolute Gasteiger partial charge is 0.244 e. The first-order valence-electron chi connectivity index (χ1n) is 10.4. The number of hydrogen-bond donors (Lipinski definition) is 3. The van der Waals surface area contributed by atoms with Crippen molar-refractivity contribution in [3.8, 4) is 0 Å². The Labute approximate surface area is 176 Å². The standard InChI is InChI=1S/C21H30N4O3S/c26-20(24-27)14-17(11-7-10-16-8-3-1-4-9-16)21-23-19(25-28-21)15-22-29-18-12-5-2-6-13-18/h2,5-6,12-13,16-17,22,27H,1,3-4,7-11,14-15H2,(H,24,26). The molecular weight excluding hydrogens is 388 g/mol. The Morgan fingerprint density at radius 2 is 2.03 bits per heavy atom. The van der Waals surface area contributed by atoms with E-state index in [-0.39, 0.29) is 12.3 Å². The molecule has 3 N–H and O–H groups in total. The topological polar surface area (TPSA) is 100 Å². The third-order valence-corrected chi connectivity index (χ3v) is 6.24. The Morgan fingerprint density at radius 3 is 2.79 bits per heavy atom. The van der Waals surface area contributed by atoms with Crippen LogP contribution in [0.4, 0.5) is 0 Å². The predicted octanol–water partition coefficient (Wildman–Crippen LogP) is 4.60. The highest BCUT2D eigenvalue weighted by Crippen LogP contribution is 2.31. The zero-order valence-corrected chi connectivity index (χ0v) is 17.5. The van der Waals surface area contributed by atoms with Crippen molar-refractivity contribution in [2.24, 2.45) is 5.92 Å². The number of nitrogens with one attached hydrogen (secondary N) is 2. The molecule has 1 aliphatic carbocycles. The van der Waals surface area contributed by atoms with Gasteiger partial charge in [0.25, 0.3) is 0 Å². The summed E-state index contributed by atoms with van der Waals surface area (Å²) in [6.07, 6.45) is 9.81. The van der Waals surface area contributed by atoms with Crippen molar-refractivity contribution < 1.29 is 14.5 Å². The van der Waals surface area contributed by atoms with Gasteiger partial charge >= 0.3 is 0 Å². The van der Waals surface area contributed by atoms with Gasteiger partial charge < -0.3 is 4.52 Å². The first kappa shape index (κ1) is 21.8. The van der Waals surface area contributed by atoms with Gasteiger partial charge in [-0.15, -0.1) is 0 Å². The Balaban J connectivity index is 1.50. The summed E-state index contributed by atoms with van der Waals surface area (Å²) < 4.78 is 8.67. The van der Waals surface area contributed by atoms with E-state index < -0.39 is 5.91 Å². The Bertz CT molecular complexity index is 735. The number of aromatic nitrogens is 2. The second-order valence-electron chi connectivity index (χ2n) is 7.66. The lowest BCUT2D eigenvalue weighted by atomic mass is 9.84. The summed E-state index contributed by atoms with van der Waals surface area (Å²) in [7, 11) is 0. The highest BCUT2D eigenvalue weighted by molar-refractivity contribution is 7.97. The van der Waals surface area contributed by atoms with E-state index in [4.69, 9.17) is 9.73 Å². The average Bonchev–Trinajstić information content (AvgIpc) is 3.23. The first-order chi connectivity index (χ1) is 14.2. The highest BCUT2D eigenvalue weighted by atomic mass is 32.2. The molecular formula is C21H30N4O3S. The molecule has 1 aromatic heterocycles. The summed E-state index contributed by atoms with van der Waals surface area (Å²) in [4.78, 5) is 17.3. The van der Waals surface area contributed by atoms with Crippen molar-refractivity contribution in [3.63, 3.8) is 0 Å². The summed E-state index contributed by atoms with van der Waals surface area (Å²) in [6, 6.07) is 10.00. The fraction of sp³-hybridized carbons (Fsp3) is 0.571. The molecule has 0 spiro atoms. The molecule has 2 aromatic rings. The largest absolute Gasteiger partial charge is 0.339 e. The van der Waals surface area contributed by atoms with Gasteiger partial charge in [-0.25, -0.2) is 5.48 Å². The van der Waals surface area contributed by atoms with Crippen LogP contribution in [0.3, 0.4) is 0 Å². The Hall–Kier alpha value is -1.90. The summed E-state index contributed by atoms with van der Waals surface area (Å²) in [5.41, 5.74) is 1.72. The molecule has 7 nitrogen and oxygen atoms in total. The molecule has 1 aromatic carbocycles. The molecule has 0 radical (unpaired) electrons. The van der Waals surface area contributed by atoms with Crippen molar-refractivity contribution in [1.29, 1.82) is 0 Å². The third kappa shape index (κ3) is 7.45. The van der Waals surface area contributed by atoms with Crippen LogP contribution < -0.4 is 10.2 Å². The summed E-state index contributed by atoms with van der Waals surface area (Å²) in [5, 5.41) is 13.0. The molecule has 1 fully saturated rings. The second-order valence-corrected chi connectivity index (χ2v) is 8.62. The average molecular weight is 419 g/mol. The molecule has 1 aliphatic rings. The normalized spacial score (nSPS) is 15.9. The number of carbonyl (C=O) groups is 1. The number of rotatable bonds is 11. The summed E-state index contributed by atoms with van der Waals surface area (Å²) in [5.74, 6) is 1.23. The number of hydrogen-bond acceptors (Lipinski definition) is 7. The maximum Gasteiger partial charge on any atom is 0.244 e. The van der Waals surface area contributed by atoms with E-state index in [2.05, 4.69) is 14.9 Å². The maximum atomic E-state index is 11.7. The Kier molecular flexibility index (Phi) is 8.98. The molecule has 1 heterocycles. The number of nitrogens with zero attached hydrogens (tertiary/aromatic N) is 2. The monoisotopic (exact) mass is 418 g/mol. The molecule has 1 amide bonds. The van der Waals surface area contributed by atoms with Gasteiger partial charge in [-0.2, -0.15) is 4.98 Å². The minimum atomic E-state index is -0.426. The number of amides is 1. The van der Waals surface area contributed by atoms with Gasteiger partial charge in [0.1, 0.15) is 0 Å². The lowest BCUT2D eigenvalue weighted by Gasteiger charge is -2.22. The van der Waals surface area contributed by atoms with Crippen LogP contribution in [0.15, 0.2) is 39.8 Å². The predicted molar refractivity (Wildman–Crippen MR) is 111 cm³/mol. The van der Waals surface area contributed by atoms with Crippen molar-refractivity contribution in [2.75, 3.05) is 0 Å². The second kappa shape index (κ2) is 11.9. The van der Waals surface area contributed by atoms with E-state index in [1.54, 1.807) is 5.48 Å². The molecule has 29 heavy (non-hydrogen) atoms. The van der Waals surface area contributed by atoms with Crippen LogP contribution in [-0.4, -0.2) is 21.3 Å². The molecule has 1 unspecified atom stereocenters. The number of hydroxylamine groups is 1. The first-order valence-corrected chi connectivity index (χ1v) is 11.3. The van der Waals surface area contributed by atoms with E-state index >= 15 is 0 Å². The van der Waals surface area contributed by atoms with Crippen LogP contribution in [0.25, 0.3) is 0 Å². The molecule has 0 aliphatic heterocycles. The van der Waals surface area contributed by atoms with Crippen molar-refractivity contribution in [2.45, 2.75) is 75.1 Å². The lowest BCUT2D eigenvalue weighted by molar-refractivity contribution is -0.129. The van der Waals surface area contributed by atoms with Crippen LogP contribution >= 0.6 is 11.9 Å². The van der Waals surface area contributed by atoms with E-state index in [9.17, 15) is 4.79 Å². The van der Waals surface area contributed by atoms with E-state index in [0.717, 1.165) is 23.7 Å². The van der Waals surface area contributed by atoms with Gasteiger partial charge in [0.05, 0.1) is 6.54 Å². The van der Waals surface area contributed by atoms with Gasteiger partial charge in [-0.1, -0.05) is 68.3 Å². The fourth-order valence-electron chi connectivity index (χ4n) is 3.89. The van der Waals surface area contributed by atoms with Crippen molar-refractivity contribution in [3.05, 3.63) is 42.0 Å². The molecule has 0 saturated heterocycles. The van der Waals surface area contributed by atoms with Crippen LogP contribution in [0.1, 0.15) is 75.4 Å². The van der Waals surface area contributed by atoms with Gasteiger partial charge in [-0.05, 0) is 36.4 Å². The SMILES string of the molecule is O=C(CC(CCCC1CCCCC1)c1nc(CNSc2ccccc2)no1)NO. The maximum absolute atomic E-state index is 11.7. The highest BCUT2D eigenvalue weighted by Gasteiger charge is 2.23. The zero-order valence-electron chi connectivity index (χ0n) is 16.7. The van der Waals surface area contributed by atoms with Gasteiger partial charge in [0, 0.05) is 17.2 Å². The minimum Gasteiger partial charge on any atom is -0.339 e. The summed E-state index contributed by atoms with van der Waals surface area (Å²) in [6.45, 7) is 0.462. The molecule has 158 valence electrons. The Morgan fingerprint density at radius 1 is 1.24 bits per heavy atom. The zero-order chi connectivity index (χ0) is 20.3. The molecule has 0 bridgehead atoms. The van der Waals surface area contributed by atoms with Crippen LogP contribution in [0.2, 0.25) is 0 Å². The van der Waals surface area contributed by atoms with Crippen molar-refractivity contribution >= 4 is 17.9 Å². The number of benzene rings is 1. The number of carbonyl (C=O) groups excluding carboxylic acids is 1. The van der Waals surface area contributed by atoms with E-state index in [1.165, 1.54) is 50.5 Å². The van der Waals surface area contributed by atoms with Crippen LogP contribution in [0, 0.1) is 5.92 Å². The lowest BCUT2D eigenvalue weighted by Crippen LogP contribution is -2.21. The minimum absolute atomic E-state index is 0.148. The van der Waals surface area contributed by atoms with Gasteiger partial charge in [0.2, 0.25) is 11.8 Å². The van der Waals surface area contributed by atoms with Crippen molar-refractivity contribution in [1.82, 2.24) is 20.3 Å². The molecule has 3 rings (SSSR count). The van der Waals surface area contributed by atoms with Gasteiger partial charge in [-0.3, -0.25) is 14.7 Å². The fourth-order valence-corrected chi connectivity index (χ4v) is 4.55. The molecule has 1 atom stereocenters. The van der Waals surface area contributed by atoms with Gasteiger partial charge in [0.15, 0.2) is 5.82 Å². The quantitative estimate of drug-likeness (QED) is 0.279. The van der Waals surface area contributed by atoms with Crippen LogP contribution in [0.5, 0.6) is 0 Å². The molecule has 8 heteroatoms. The van der Waals surface area contributed by atoms with Crippen LogP contribution in [-0.2, 0) is 11.3 Å². The molecule has 1 saturated carbocycles. The van der Waals surface area contributed by atoms with E-state index in [0.29, 0.717) is 18.3 Å². The summed E-state index contributed by atoms with van der Waals surface area (Å²) >= 11 is 1.51. The third-order valence-electron chi connectivity index (χ3n) is 5.44. The van der Waals surface area contributed by atoms with E-state index in [1.807, 2.05) is 30.3 Å².